The second kappa shape index (κ2) is 6.72. The molecule has 0 heterocycles. The largest absolute Gasteiger partial charge is 0.389 e. The first kappa shape index (κ1) is 17.2. The van der Waals surface area contributed by atoms with Crippen LogP contribution in [0.5, 0.6) is 0 Å². The van der Waals surface area contributed by atoms with Crippen molar-refractivity contribution >= 4 is 27.7 Å². The molecule has 1 aromatic carbocycles. The van der Waals surface area contributed by atoms with Crippen molar-refractivity contribution < 1.29 is 13.5 Å². The Morgan fingerprint density at radius 2 is 1.90 bits per heavy atom. The summed E-state index contributed by atoms with van der Waals surface area (Å²) < 4.78 is 26.0. The molecular weight excluding hydrogens is 298 g/mol. The van der Waals surface area contributed by atoms with Crippen molar-refractivity contribution in [1.82, 2.24) is 4.72 Å². The van der Waals surface area contributed by atoms with E-state index >= 15 is 0 Å². The van der Waals surface area contributed by atoms with Crippen molar-refractivity contribution in [3.63, 3.8) is 0 Å². The van der Waals surface area contributed by atoms with Gasteiger partial charge in [-0.3, -0.25) is 0 Å². The third-order valence-electron chi connectivity index (χ3n) is 3.18. The van der Waals surface area contributed by atoms with E-state index < -0.39 is 15.6 Å². The van der Waals surface area contributed by atoms with Gasteiger partial charge in [-0.1, -0.05) is 37.6 Å². The van der Waals surface area contributed by atoms with Crippen molar-refractivity contribution in [2.24, 2.45) is 5.92 Å². The molecule has 0 aliphatic heterocycles. The first-order chi connectivity index (χ1) is 9.12. The maximum atomic E-state index is 11.8. The second-order valence-corrected chi connectivity index (χ2v) is 7.32. The van der Waals surface area contributed by atoms with Crippen molar-refractivity contribution in [3.8, 4) is 0 Å². The van der Waals surface area contributed by atoms with Gasteiger partial charge in [0, 0.05) is 17.0 Å². The summed E-state index contributed by atoms with van der Waals surface area (Å²) in [5, 5.41) is 11.7. The lowest BCUT2D eigenvalue weighted by Gasteiger charge is -2.27. The molecule has 0 bridgehead atoms. The lowest BCUT2D eigenvalue weighted by molar-refractivity contribution is 0.0191. The normalized spacial score (nSPS) is 15.7. The van der Waals surface area contributed by atoms with E-state index in [0.29, 0.717) is 5.02 Å². The van der Waals surface area contributed by atoms with Gasteiger partial charge >= 0.3 is 0 Å². The van der Waals surface area contributed by atoms with Crippen LogP contribution in [0.3, 0.4) is 0 Å². The molecule has 0 aliphatic rings. The zero-order valence-electron chi connectivity index (χ0n) is 11.8. The minimum Gasteiger partial charge on any atom is -0.389 e. The van der Waals surface area contributed by atoms with Crippen LogP contribution < -0.4 is 4.72 Å². The zero-order valence-corrected chi connectivity index (χ0v) is 13.4. The van der Waals surface area contributed by atoms with Crippen LogP contribution in [0.2, 0.25) is 5.02 Å². The van der Waals surface area contributed by atoms with Crippen molar-refractivity contribution in [2.45, 2.75) is 26.4 Å². The average molecular weight is 318 g/mol. The lowest BCUT2D eigenvalue weighted by Crippen LogP contribution is -2.43. The summed E-state index contributed by atoms with van der Waals surface area (Å²) >= 11 is 5.75. The van der Waals surface area contributed by atoms with Crippen LogP contribution in [0.4, 0.5) is 0 Å². The van der Waals surface area contributed by atoms with Crippen LogP contribution in [-0.2, 0) is 10.0 Å². The van der Waals surface area contributed by atoms with Gasteiger partial charge in [0.05, 0.1) is 5.60 Å². The van der Waals surface area contributed by atoms with Crippen LogP contribution in [0.25, 0.3) is 6.08 Å². The molecule has 0 aliphatic carbocycles. The summed E-state index contributed by atoms with van der Waals surface area (Å²) in [7, 11) is -3.58. The molecule has 0 amide bonds. The summed E-state index contributed by atoms with van der Waals surface area (Å²) in [6.07, 6.45) is 1.47. The molecule has 20 heavy (non-hydrogen) atoms. The minimum atomic E-state index is -3.58. The third kappa shape index (κ3) is 5.63. The first-order valence-corrected chi connectivity index (χ1v) is 8.20. The molecule has 1 aromatic rings. The van der Waals surface area contributed by atoms with E-state index in [1.165, 1.54) is 6.08 Å². The smallest absolute Gasteiger partial charge is 0.233 e. The topological polar surface area (TPSA) is 66.4 Å². The van der Waals surface area contributed by atoms with Gasteiger partial charge in [0.15, 0.2) is 0 Å². The molecule has 0 saturated carbocycles. The van der Waals surface area contributed by atoms with E-state index in [1.54, 1.807) is 31.2 Å². The van der Waals surface area contributed by atoms with E-state index in [4.69, 9.17) is 11.6 Å². The van der Waals surface area contributed by atoms with Gasteiger partial charge in [-0.25, -0.2) is 13.1 Å². The Kier molecular flexibility index (Phi) is 5.77. The lowest BCUT2D eigenvalue weighted by atomic mass is 9.93. The van der Waals surface area contributed by atoms with Crippen LogP contribution in [-0.4, -0.2) is 25.7 Å². The predicted molar refractivity (Wildman–Crippen MR) is 82.9 cm³/mol. The van der Waals surface area contributed by atoms with Gasteiger partial charge in [-0.05, 0) is 36.6 Å². The zero-order chi connectivity index (χ0) is 15.4. The van der Waals surface area contributed by atoms with Crippen molar-refractivity contribution in [1.29, 1.82) is 0 Å². The Hall–Kier alpha value is -0.880. The number of benzene rings is 1. The van der Waals surface area contributed by atoms with Gasteiger partial charge in [0.2, 0.25) is 10.0 Å². The van der Waals surface area contributed by atoms with E-state index in [-0.39, 0.29) is 12.5 Å². The second-order valence-electron chi connectivity index (χ2n) is 5.23. The quantitative estimate of drug-likeness (QED) is 0.847. The van der Waals surface area contributed by atoms with Crippen LogP contribution in [0, 0.1) is 5.92 Å². The van der Waals surface area contributed by atoms with Crippen molar-refractivity contribution in [3.05, 3.63) is 40.3 Å². The third-order valence-corrected chi connectivity index (χ3v) is 4.48. The highest BCUT2D eigenvalue weighted by Crippen LogP contribution is 2.15. The molecule has 112 valence electrons. The highest BCUT2D eigenvalue weighted by molar-refractivity contribution is 7.92. The Balaban J connectivity index is 2.68. The number of hydrogen-bond acceptors (Lipinski definition) is 3. The Bertz CT molecular complexity index is 563. The molecule has 1 unspecified atom stereocenters. The fourth-order valence-corrected chi connectivity index (χ4v) is 2.29. The maximum absolute atomic E-state index is 11.8. The van der Waals surface area contributed by atoms with Crippen LogP contribution >= 0.6 is 11.6 Å². The SMILES string of the molecule is CC(C)C(C)(O)CNS(=O)(=O)/C=C/c1ccc(Cl)cc1. The molecule has 1 rings (SSSR count). The average Bonchev–Trinajstić information content (AvgIpc) is 2.36. The minimum absolute atomic E-state index is 0.0298. The molecule has 2 N–H and O–H groups in total. The fraction of sp³-hybridized carbons (Fsp3) is 0.429. The Morgan fingerprint density at radius 1 is 1.35 bits per heavy atom. The van der Waals surface area contributed by atoms with Gasteiger partial charge in [-0.15, -0.1) is 0 Å². The van der Waals surface area contributed by atoms with Gasteiger partial charge in [0.1, 0.15) is 0 Å². The number of aliphatic hydroxyl groups is 1. The molecular formula is C14H20ClNO3S. The molecule has 0 spiro atoms. The molecule has 0 aromatic heterocycles. The van der Waals surface area contributed by atoms with E-state index in [2.05, 4.69) is 4.72 Å². The highest BCUT2D eigenvalue weighted by atomic mass is 35.5. The van der Waals surface area contributed by atoms with Gasteiger partial charge in [-0.2, -0.15) is 0 Å². The molecule has 0 saturated heterocycles. The monoisotopic (exact) mass is 317 g/mol. The molecule has 4 nitrogen and oxygen atoms in total. The van der Waals surface area contributed by atoms with Crippen molar-refractivity contribution in [2.75, 3.05) is 6.54 Å². The maximum Gasteiger partial charge on any atom is 0.233 e. The Labute approximate surface area is 125 Å². The van der Waals surface area contributed by atoms with Crippen LogP contribution in [0.1, 0.15) is 26.3 Å². The molecule has 0 fully saturated rings. The summed E-state index contributed by atoms with van der Waals surface area (Å²) in [5.41, 5.74) is -0.350. The number of hydrogen-bond donors (Lipinski definition) is 2. The standard InChI is InChI=1S/C14H20ClNO3S/c1-11(2)14(3,17)10-16-20(18,19)9-8-12-4-6-13(15)7-5-12/h4-9,11,16-17H,10H2,1-3H3/b9-8+. The summed E-state index contributed by atoms with van der Waals surface area (Å²) in [4.78, 5) is 0. The van der Waals surface area contributed by atoms with E-state index in [0.717, 1.165) is 11.0 Å². The summed E-state index contributed by atoms with van der Waals surface area (Å²) in [6.45, 7) is 5.23. The Morgan fingerprint density at radius 3 is 2.40 bits per heavy atom. The summed E-state index contributed by atoms with van der Waals surface area (Å²) in [5.74, 6) is -0.0505. The van der Waals surface area contributed by atoms with Crippen LogP contribution in [0.15, 0.2) is 29.7 Å². The first-order valence-electron chi connectivity index (χ1n) is 6.28. The molecule has 6 heteroatoms. The highest BCUT2D eigenvalue weighted by Gasteiger charge is 2.26. The molecule has 1 atom stereocenters. The predicted octanol–water partition coefficient (Wildman–Crippen LogP) is 2.64. The number of halogens is 1. The van der Waals surface area contributed by atoms with E-state index in [9.17, 15) is 13.5 Å². The summed E-state index contributed by atoms with van der Waals surface area (Å²) in [6, 6.07) is 6.81. The number of sulfonamides is 1. The van der Waals surface area contributed by atoms with E-state index in [1.807, 2.05) is 13.8 Å². The fourth-order valence-electron chi connectivity index (χ4n) is 1.24. The molecule has 0 radical (unpaired) electrons. The number of nitrogens with one attached hydrogen (secondary N) is 1. The van der Waals surface area contributed by atoms with Gasteiger partial charge in [0.25, 0.3) is 0 Å². The van der Waals surface area contributed by atoms with Gasteiger partial charge < -0.3 is 5.11 Å². The number of rotatable bonds is 6.